The van der Waals surface area contributed by atoms with E-state index >= 15 is 0 Å². The number of rotatable bonds is 15. The highest BCUT2D eigenvalue weighted by atomic mass is 16.5. The quantitative estimate of drug-likeness (QED) is 0.102. The van der Waals surface area contributed by atoms with E-state index in [9.17, 15) is 0 Å². The summed E-state index contributed by atoms with van der Waals surface area (Å²) in [7, 11) is 0. The van der Waals surface area contributed by atoms with Crippen LogP contribution in [0.5, 0.6) is 0 Å². The van der Waals surface area contributed by atoms with E-state index < -0.39 is 0 Å². The van der Waals surface area contributed by atoms with Crippen molar-refractivity contribution in [3.8, 4) is 39.1 Å². The molecule has 0 N–H and O–H groups in total. The highest BCUT2D eigenvalue weighted by molar-refractivity contribution is 6.10. The summed E-state index contributed by atoms with van der Waals surface area (Å²) in [6, 6.07) is 91.6. The zero-order valence-corrected chi connectivity index (χ0v) is 46.8. The van der Waals surface area contributed by atoms with Gasteiger partial charge in [-0.05, 0) is 167 Å². The van der Waals surface area contributed by atoms with Gasteiger partial charge in [-0.1, -0.05) is 190 Å². The number of hydrogen-bond acceptors (Lipinski definition) is 4. The SMILES string of the molecule is CC1(C)c2cc(COC3Cc4ccccc43)ccc2-c2ccc(N(c3ccc(-c4ccccc4)cc3)c3ccc(-c4ccc5c(c4)c4cc(COC6Cc7ccccc76)ccc4n5-c4ccc(COC5Cc6ccccc65)cc4)cc3)cc21. The Hall–Kier alpha value is -9.10. The fraction of sp³-hybridized carbons (Fsp3) is 0.154. The van der Waals surface area contributed by atoms with Gasteiger partial charge in [0.1, 0.15) is 0 Å². The summed E-state index contributed by atoms with van der Waals surface area (Å²) in [5, 5.41) is 2.42. The van der Waals surface area contributed by atoms with Gasteiger partial charge in [0.2, 0.25) is 0 Å². The molecule has 0 amide bonds. The van der Waals surface area contributed by atoms with Crippen LogP contribution in [-0.4, -0.2) is 4.57 Å². The van der Waals surface area contributed by atoms with Crippen molar-refractivity contribution in [1.82, 2.24) is 4.57 Å². The topological polar surface area (TPSA) is 35.9 Å². The lowest BCUT2D eigenvalue weighted by Crippen LogP contribution is -2.20. The number of nitrogens with zero attached hydrogens (tertiary/aromatic N) is 2. The van der Waals surface area contributed by atoms with Gasteiger partial charge in [0.05, 0.1) is 49.2 Å². The van der Waals surface area contributed by atoms with Crippen LogP contribution in [0.1, 0.15) is 93.4 Å². The van der Waals surface area contributed by atoms with Gasteiger partial charge in [-0.15, -0.1) is 0 Å². The molecule has 0 saturated carbocycles. The van der Waals surface area contributed by atoms with Gasteiger partial charge in [0, 0.05) is 58.2 Å². The lowest BCUT2D eigenvalue weighted by molar-refractivity contribution is 0.0243. The molecule has 0 fully saturated rings. The van der Waals surface area contributed by atoms with Crippen molar-refractivity contribution in [2.75, 3.05) is 4.90 Å². The Bertz CT molecular complexity index is 4460. The Morgan fingerprint density at radius 3 is 1.37 bits per heavy atom. The number of fused-ring (bicyclic) bond motifs is 9. The minimum Gasteiger partial charge on any atom is -0.368 e. The molecule has 12 aromatic rings. The first-order valence-electron chi connectivity index (χ1n) is 29.4. The molecule has 1 aromatic heterocycles. The van der Waals surface area contributed by atoms with E-state index in [2.05, 4.69) is 272 Å². The van der Waals surface area contributed by atoms with Crippen LogP contribution in [0.4, 0.5) is 17.1 Å². The smallest absolute Gasteiger partial charge is 0.0872 e. The molecule has 3 atom stereocenters. The van der Waals surface area contributed by atoms with Gasteiger partial charge in [-0.3, -0.25) is 0 Å². The maximum Gasteiger partial charge on any atom is 0.0872 e. The zero-order chi connectivity index (χ0) is 55.2. The van der Waals surface area contributed by atoms with Crippen LogP contribution in [0.25, 0.3) is 60.9 Å². The van der Waals surface area contributed by atoms with Crippen LogP contribution in [0.15, 0.2) is 249 Å². The van der Waals surface area contributed by atoms with E-state index in [1.807, 2.05) is 0 Å². The molecule has 0 bridgehead atoms. The van der Waals surface area contributed by atoms with Crippen molar-refractivity contribution >= 4 is 38.9 Å². The fourth-order valence-electron chi connectivity index (χ4n) is 13.7. The van der Waals surface area contributed by atoms with Crippen LogP contribution < -0.4 is 4.90 Å². The number of hydrogen-bond donors (Lipinski definition) is 0. The van der Waals surface area contributed by atoms with E-state index in [4.69, 9.17) is 14.2 Å². The highest BCUT2D eigenvalue weighted by Gasteiger charge is 2.37. The molecule has 4 aliphatic rings. The third-order valence-electron chi connectivity index (χ3n) is 18.5. The number of ether oxygens (including phenoxy) is 3. The molecule has 0 saturated heterocycles. The summed E-state index contributed by atoms with van der Waals surface area (Å²) in [5.74, 6) is 0. The van der Waals surface area contributed by atoms with E-state index in [-0.39, 0.29) is 23.7 Å². The van der Waals surface area contributed by atoms with Crippen LogP contribution in [0.2, 0.25) is 0 Å². The molecule has 11 aromatic carbocycles. The molecule has 402 valence electrons. The largest absolute Gasteiger partial charge is 0.368 e. The average Bonchev–Trinajstić information content (AvgIpc) is 4.03. The summed E-state index contributed by atoms with van der Waals surface area (Å²) >= 11 is 0. The lowest BCUT2D eigenvalue weighted by Gasteiger charge is -2.30. The van der Waals surface area contributed by atoms with E-state index in [0.717, 1.165) is 53.1 Å². The molecule has 0 spiro atoms. The first-order valence-corrected chi connectivity index (χ1v) is 29.4. The minimum atomic E-state index is -0.216. The maximum absolute atomic E-state index is 6.59. The number of anilines is 3. The number of benzene rings is 11. The molecule has 1 heterocycles. The summed E-state index contributed by atoms with van der Waals surface area (Å²) in [6.45, 7) is 6.48. The molecule has 5 heteroatoms. The van der Waals surface area contributed by atoms with Crippen molar-refractivity contribution in [3.63, 3.8) is 0 Å². The minimum absolute atomic E-state index is 0.131. The lowest BCUT2D eigenvalue weighted by atomic mass is 9.81. The summed E-state index contributed by atoms with van der Waals surface area (Å²) in [6.07, 6.45) is 3.38. The molecule has 4 aliphatic carbocycles. The summed E-state index contributed by atoms with van der Waals surface area (Å²) in [4.78, 5) is 2.42. The first-order chi connectivity index (χ1) is 40.8. The maximum atomic E-state index is 6.59. The van der Waals surface area contributed by atoms with Crippen LogP contribution in [-0.2, 0) is 58.7 Å². The Labute approximate surface area is 485 Å². The molecule has 83 heavy (non-hydrogen) atoms. The van der Waals surface area contributed by atoms with Crippen molar-refractivity contribution in [1.29, 1.82) is 0 Å². The average molecular weight is 1080 g/mol. The molecular formula is C78H62N2O3. The molecule has 0 aliphatic heterocycles. The third-order valence-corrected chi connectivity index (χ3v) is 18.5. The monoisotopic (exact) mass is 1070 g/mol. The van der Waals surface area contributed by atoms with Crippen LogP contribution in [0.3, 0.4) is 0 Å². The molecule has 3 unspecified atom stereocenters. The van der Waals surface area contributed by atoms with Crippen LogP contribution in [0, 0.1) is 0 Å². The Morgan fingerprint density at radius 2 is 0.795 bits per heavy atom. The first kappa shape index (κ1) is 49.7. The normalized spacial score (nSPS) is 16.7. The molecule has 5 nitrogen and oxygen atoms in total. The predicted octanol–water partition coefficient (Wildman–Crippen LogP) is 19.3. The predicted molar refractivity (Wildman–Crippen MR) is 337 cm³/mol. The van der Waals surface area contributed by atoms with Crippen molar-refractivity contribution < 1.29 is 14.2 Å². The Balaban J connectivity index is 0.723. The second kappa shape index (κ2) is 20.1. The van der Waals surface area contributed by atoms with Gasteiger partial charge >= 0.3 is 0 Å². The molecule has 16 rings (SSSR count). The van der Waals surface area contributed by atoms with Gasteiger partial charge in [0.15, 0.2) is 0 Å². The van der Waals surface area contributed by atoms with Crippen molar-refractivity contribution in [3.05, 3.63) is 310 Å². The van der Waals surface area contributed by atoms with Gasteiger partial charge in [-0.25, -0.2) is 0 Å². The van der Waals surface area contributed by atoms with Gasteiger partial charge in [-0.2, -0.15) is 0 Å². The zero-order valence-electron chi connectivity index (χ0n) is 46.8. The van der Waals surface area contributed by atoms with Crippen molar-refractivity contribution in [2.24, 2.45) is 0 Å². The van der Waals surface area contributed by atoms with E-state index in [1.165, 1.54) is 105 Å². The van der Waals surface area contributed by atoms with Crippen molar-refractivity contribution in [2.45, 2.75) is 76.7 Å². The molecule has 0 radical (unpaired) electrons. The van der Waals surface area contributed by atoms with E-state index in [0.29, 0.717) is 19.8 Å². The summed E-state index contributed by atoms with van der Waals surface area (Å²) in [5.41, 5.74) is 28.2. The highest BCUT2D eigenvalue weighted by Crippen LogP contribution is 2.52. The Kier molecular flexibility index (Phi) is 12.0. The van der Waals surface area contributed by atoms with Gasteiger partial charge in [0.25, 0.3) is 0 Å². The van der Waals surface area contributed by atoms with E-state index in [1.54, 1.807) is 0 Å². The third kappa shape index (κ3) is 8.73. The number of aromatic nitrogens is 1. The van der Waals surface area contributed by atoms with Gasteiger partial charge < -0.3 is 23.7 Å². The second-order valence-electron chi connectivity index (χ2n) is 23.7. The summed E-state index contributed by atoms with van der Waals surface area (Å²) < 4.78 is 21.9. The fourth-order valence-corrected chi connectivity index (χ4v) is 13.7. The second-order valence-corrected chi connectivity index (χ2v) is 23.7. The van der Waals surface area contributed by atoms with Crippen LogP contribution >= 0.6 is 0 Å². The molecular weight excluding hydrogens is 1010 g/mol. The standard InChI is InChI=1S/C78H62N2O3/c1-78(2)71-41-52(49-83-77-45-59-16-8-11-19-66(59)77)22-36-67(71)68-37-35-63(46-72(68)78)79(60-31-24-54(25-32-60)53-12-4-3-5-13-53)61-33-26-55(27-34-61)56-28-39-74-70(42-56)69-40-51(48-82-76-44-58-15-7-10-18-65(58)76)23-38-73(69)80(74)62-29-20-50(21-30-62)47-81-75-43-57-14-6-9-17-64(57)75/h3-42,46,75-77H,43-45,47-49H2,1-2H3. The Morgan fingerprint density at radius 1 is 0.373 bits per heavy atom.